The first kappa shape index (κ1) is 25.4. The highest BCUT2D eigenvalue weighted by Gasteiger charge is 2.67. The van der Waals surface area contributed by atoms with Crippen molar-refractivity contribution in [1.82, 2.24) is 4.90 Å². The Labute approximate surface area is 213 Å². The van der Waals surface area contributed by atoms with E-state index >= 15 is 0 Å². The molecule has 1 aromatic carbocycles. The molecule has 7 N–H and O–H groups in total. The molecule has 37 heavy (non-hydrogen) atoms. The van der Waals surface area contributed by atoms with Crippen LogP contribution in [0.5, 0.6) is 5.75 Å². The monoisotopic (exact) mass is 511 g/mol. The fraction of sp³-hybridized carbons (Fsp3) is 0.481. The van der Waals surface area contributed by atoms with Crippen molar-refractivity contribution < 1.29 is 39.9 Å². The normalized spacial score (nSPS) is 32.4. The molecular formula is C27H31N2O8. The van der Waals surface area contributed by atoms with Crippen LogP contribution in [0.1, 0.15) is 54.7 Å². The Morgan fingerprint density at radius 2 is 1.73 bits per heavy atom. The minimum Gasteiger partial charge on any atom is -0.508 e. The van der Waals surface area contributed by atoms with Gasteiger partial charge in [0.05, 0.1) is 23.6 Å². The van der Waals surface area contributed by atoms with Gasteiger partial charge in [-0.15, -0.1) is 0 Å². The standard InChI is InChI=1S/C27H31N2O8/c1-29(2)19-18-21(31)14-10-12-8-9-13(11-6-4-3-5-7-11)20(30)15(12)22(32)16(14)24(34)27(18,37)25(35)17(23(19)33)26(28)36/h8-11,14,18-19,21,30-32,35,37H,3-7H2,1-2H3,(H2,28,36)/t14-,18-,19+,21+,27+/m1/s1. The summed E-state index contributed by atoms with van der Waals surface area (Å²) in [6.45, 7) is 0. The molecule has 0 aliphatic heterocycles. The molecule has 5 rings (SSSR count). The summed E-state index contributed by atoms with van der Waals surface area (Å²) >= 11 is 0. The number of hydrogen-bond donors (Lipinski definition) is 6. The minimum atomic E-state index is -2.91. The van der Waals surface area contributed by atoms with Gasteiger partial charge in [-0.3, -0.25) is 19.3 Å². The van der Waals surface area contributed by atoms with Crippen molar-refractivity contribution in [3.05, 3.63) is 52.1 Å². The highest BCUT2D eigenvalue weighted by Crippen LogP contribution is 2.54. The number of fused-ring (bicyclic) bond motifs is 3. The van der Waals surface area contributed by atoms with Gasteiger partial charge >= 0.3 is 0 Å². The van der Waals surface area contributed by atoms with Crippen molar-refractivity contribution in [3.8, 4) is 5.75 Å². The van der Waals surface area contributed by atoms with E-state index in [4.69, 9.17) is 5.73 Å². The van der Waals surface area contributed by atoms with Crippen LogP contribution in [-0.4, -0.2) is 79.7 Å². The van der Waals surface area contributed by atoms with Crippen molar-refractivity contribution >= 4 is 23.2 Å². The summed E-state index contributed by atoms with van der Waals surface area (Å²) in [6.07, 6.45) is 4.79. The predicted octanol–water partition coefficient (Wildman–Crippen LogP) is 0.992. The Hall–Kier alpha value is -3.21. The number of ketones is 2. The van der Waals surface area contributed by atoms with Crippen LogP contribution in [0.4, 0.5) is 0 Å². The summed E-state index contributed by atoms with van der Waals surface area (Å²) in [5.74, 6) is -8.12. The molecule has 0 aromatic heterocycles. The Balaban J connectivity index is 1.71. The molecule has 0 heterocycles. The maximum absolute atomic E-state index is 13.9. The number of nitrogens with zero attached hydrogens (tertiary/aromatic N) is 1. The zero-order valence-electron chi connectivity index (χ0n) is 20.6. The molecule has 1 amide bonds. The lowest BCUT2D eigenvalue weighted by atomic mass is 9.56. The van der Waals surface area contributed by atoms with Crippen LogP contribution in [0.15, 0.2) is 29.0 Å². The molecule has 10 heteroatoms. The average Bonchev–Trinajstić information content (AvgIpc) is 2.84. The van der Waals surface area contributed by atoms with Crippen LogP contribution >= 0.6 is 0 Å². The second-order valence-electron chi connectivity index (χ2n) is 10.7. The Kier molecular flexibility index (Phi) is 5.97. The number of rotatable bonds is 3. The lowest BCUT2D eigenvalue weighted by Crippen LogP contribution is -2.70. The Morgan fingerprint density at radius 1 is 1.08 bits per heavy atom. The molecule has 2 fully saturated rings. The molecule has 10 nitrogen and oxygen atoms in total. The molecule has 197 valence electrons. The van der Waals surface area contributed by atoms with E-state index in [2.05, 4.69) is 0 Å². The van der Waals surface area contributed by atoms with Crippen molar-refractivity contribution in [3.63, 3.8) is 0 Å². The number of hydrogen-bond acceptors (Lipinski definition) is 9. The molecule has 0 bridgehead atoms. The first-order valence-corrected chi connectivity index (χ1v) is 12.5. The predicted molar refractivity (Wildman–Crippen MR) is 131 cm³/mol. The van der Waals surface area contributed by atoms with E-state index < -0.39 is 69.7 Å². The van der Waals surface area contributed by atoms with Crippen LogP contribution in [0, 0.1) is 18.3 Å². The topological polar surface area (TPSA) is 182 Å². The Bertz CT molecular complexity index is 1280. The molecular weight excluding hydrogens is 480 g/mol. The van der Waals surface area contributed by atoms with Gasteiger partial charge in [-0.1, -0.05) is 31.4 Å². The van der Waals surface area contributed by atoms with Crippen LogP contribution in [-0.2, 0) is 14.4 Å². The van der Waals surface area contributed by atoms with Crippen LogP contribution in [0.2, 0.25) is 0 Å². The minimum absolute atomic E-state index is 0.00608. The number of carbonyl (C=O) groups is 3. The second kappa shape index (κ2) is 8.68. The van der Waals surface area contributed by atoms with Crippen molar-refractivity contribution in [2.24, 2.45) is 17.6 Å². The van der Waals surface area contributed by atoms with Gasteiger partial charge in [0.25, 0.3) is 5.91 Å². The molecule has 2 saturated carbocycles. The summed E-state index contributed by atoms with van der Waals surface area (Å²) in [7, 11) is 2.93. The molecule has 1 radical (unpaired) electrons. The quantitative estimate of drug-likeness (QED) is 0.322. The third-order valence-electron chi connectivity index (χ3n) is 8.54. The summed E-state index contributed by atoms with van der Waals surface area (Å²) in [5, 5.41) is 56.5. The molecule has 4 aliphatic rings. The number of phenolic OH excluding ortho intramolecular Hbond substituents is 1. The average molecular weight is 512 g/mol. The van der Waals surface area contributed by atoms with Gasteiger partial charge in [-0.25, -0.2) is 0 Å². The number of aromatic hydroxyl groups is 1. The number of benzene rings is 1. The number of phenols is 1. The van der Waals surface area contributed by atoms with Crippen molar-refractivity contribution in [1.29, 1.82) is 0 Å². The van der Waals surface area contributed by atoms with E-state index in [-0.39, 0.29) is 17.2 Å². The van der Waals surface area contributed by atoms with Gasteiger partial charge < -0.3 is 31.3 Å². The van der Waals surface area contributed by atoms with Crippen molar-refractivity contribution in [2.75, 3.05) is 14.1 Å². The highest BCUT2D eigenvalue weighted by atomic mass is 16.4. The van der Waals surface area contributed by atoms with Crippen molar-refractivity contribution in [2.45, 2.75) is 55.8 Å². The first-order valence-electron chi connectivity index (χ1n) is 12.5. The number of carbonyl (C=O) groups excluding carboxylic acids is 3. The number of nitrogens with two attached hydrogens (primary N) is 1. The highest BCUT2D eigenvalue weighted by molar-refractivity contribution is 6.24. The van der Waals surface area contributed by atoms with E-state index in [1.807, 2.05) is 0 Å². The van der Waals surface area contributed by atoms with Gasteiger partial charge in [0, 0.05) is 17.9 Å². The summed E-state index contributed by atoms with van der Waals surface area (Å²) in [5.41, 5.74) is 2.10. The van der Waals surface area contributed by atoms with Crippen LogP contribution < -0.4 is 5.73 Å². The first-order chi connectivity index (χ1) is 17.4. The van der Waals surface area contributed by atoms with E-state index in [9.17, 15) is 39.9 Å². The van der Waals surface area contributed by atoms with Gasteiger partial charge in [0.1, 0.15) is 22.8 Å². The SMILES string of the molecule is CN(C)[C@@H]1C(=O)C(C(N)=O)=C(O)[C@@]2(O)C(=O)C3=C(O)c4c(ccc(C5CCCCC5)c4O)[CH][C@H]3[C@H](O)[C@@H]12. The fourth-order valence-electron chi connectivity index (χ4n) is 6.77. The lowest BCUT2D eigenvalue weighted by molar-refractivity contribution is -0.167. The van der Waals surface area contributed by atoms with Gasteiger partial charge in [0.2, 0.25) is 5.78 Å². The van der Waals surface area contributed by atoms with Crippen LogP contribution in [0.3, 0.4) is 0 Å². The molecule has 0 saturated heterocycles. The summed E-state index contributed by atoms with van der Waals surface area (Å²) in [6, 6.07) is 2.12. The second-order valence-corrected chi connectivity index (χ2v) is 10.7. The molecule has 4 aliphatic carbocycles. The Morgan fingerprint density at radius 3 is 2.32 bits per heavy atom. The molecule has 5 atom stereocenters. The zero-order valence-corrected chi connectivity index (χ0v) is 20.6. The number of Topliss-reactive ketones (excluding diaryl/α,β-unsaturated/α-hetero) is 2. The van der Waals surface area contributed by atoms with E-state index in [0.717, 1.165) is 32.1 Å². The smallest absolute Gasteiger partial charge is 0.255 e. The number of likely N-dealkylation sites (N-methyl/N-ethyl adjacent to an activating group) is 1. The fourth-order valence-corrected chi connectivity index (χ4v) is 6.77. The zero-order chi connectivity index (χ0) is 27.0. The van der Waals surface area contributed by atoms with E-state index in [1.165, 1.54) is 25.4 Å². The third kappa shape index (κ3) is 3.39. The number of amides is 1. The maximum Gasteiger partial charge on any atom is 0.255 e. The maximum atomic E-state index is 13.9. The molecule has 0 unspecified atom stereocenters. The van der Waals surface area contributed by atoms with Gasteiger partial charge in [0.15, 0.2) is 11.4 Å². The number of primary amides is 1. The summed E-state index contributed by atoms with van der Waals surface area (Å²) < 4.78 is 0. The van der Waals surface area contributed by atoms with Crippen LogP contribution in [0.25, 0.3) is 5.76 Å². The number of aliphatic hydroxyl groups excluding tert-OH is 3. The largest absolute Gasteiger partial charge is 0.508 e. The molecule has 0 spiro atoms. The summed E-state index contributed by atoms with van der Waals surface area (Å²) in [4.78, 5) is 40.4. The lowest BCUT2D eigenvalue weighted by Gasteiger charge is -2.52. The van der Waals surface area contributed by atoms with Gasteiger partial charge in [-0.05, 0) is 44.0 Å². The van der Waals surface area contributed by atoms with E-state index in [1.54, 1.807) is 12.1 Å². The van der Waals surface area contributed by atoms with Gasteiger partial charge in [-0.2, -0.15) is 0 Å². The molecule has 1 aromatic rings. The third-order valence-corrected chi connectivity index (χ3v) is 8.54. The van der Waals surface area contributed by atoms with E-state index in [0.29, 0.717) is 11.1 Å². The number of aliphatic hydroxyl groups is 4.